The number of hydrogen-bond donors (Lipinski definition) is 0. The Bertz CT molecular complexity index is 410. The summed E-state index contributed by atoms with van der Waals surface area (Å²) in [6.07, 6.45) is 11.7. The fraction of sp³-hybridized carbons (Fsp3) is 0.357. The summed E-state index contributed by atoms with van der Waals surface area (Å²) in [5.74, 6) is 0.923. The van der Waals surface area contributed by atoms with Gasteiger partial charge in [0.15, 0.2) is 0 Å². The molecule has 1 heterocycles. The van der Waals surface area contributed by atoms with Crippen molar-refractivity contribution in [3.63, 3.8) is 0 Å². The molecular weight excluding hydrogens is 182 g/mol. The van der Waals surface area contributed by atoms with Crippen LogP contribution in [0.1, 0.15) is 31.4 Å². The molecule has 2 aliphatic carbocycles. The number of allylic oxidation sites excluding steroid dienone is 4. The first-order valence-corrected chi connectivity index (χ1v) is 5.74. The third-order valence-electron chi connectivity index (χ3n) is 3.28. The summed E-state index contributed by atoms with van der Waals surface area (Å²) in [4.78, 5) is 4.39. The van der Waals surface area contributed by atoms with Gasteiger partial charge in [-0.25, -0.2) is 0 Å². The van der Waals surface area contributed by atoms with E-state index in [0.29, 0.717) is 0 Å². The molecule has 76 valence electrons. The van der Waals surface area contributed by atoms with Crippen molar-refractivity contribution < 1.29 is 0 Å². The van der Waals surface area contributed by atoms with Gasteiger partial charge in [-0.15, -0.1) is 0 Å². The highest BCUT2D eigenvalue weighted by Crippen LogP contribution is 2.41. The number of pyridine rings is 1. The number of nitrogens with zero attached hydrogens (tertiary/aromatic N) is 1. The van der Waals surface area contributed by atoms with E-state index in [1.54, 1.807) is 5.57 Å². The molecule has 0 spiro atoms. The molecule has 1 aromatic heterocycles. The standard InChI is InChI=1S/C14H15N/c1-2-10-15-14(3-1)13-8-6-12(7-9-13)11-4-5-11/h1-3,6,8,10-11H,4-5,7,9H2. The Morgan fingerprint density at radius 1 is 1.07 bits per heavy atom. The average Bonchev–Trinajstić information content (AvgIpc) is 3.15. The molecule has 0 radical (unpaired) electrons. The van der Waals surface area contributed by atoms with Crippen molar-refractivity contribution in [2.24, 2.45) is 5.92 Å². The van der Waals surface area contributed by atoms with Crippen molar-refractivity contribution >= 4 is 5.57 Å². The first-order valence-electron chi connectivity index (χ1n) is 5.74. The maximum absolute atomic E-state index is 4.39. The van der Waals surface area contributed by atoms with Crippen molar-refractivity contribution in [2.75, 3.05) is 0 Å². The Kier molecular flexibility index (Phi) is 2.17. The molecule has 0 atom stereocenters. The zero-order valence-electron chi connectivity index (χ0n) is 8.82. The predicted molar refractivity (Wildman–Crippen MR) is 62.3 cm³/mol. The van der Waals surface area contributed by atoms with E-state index >= 15 is 0 Å². The van der Waals surface area contributed by atoms with Crippen LogP contribution < -0.4 is 0 Å². The topological polar surface area (TPSA) is 12.9 Å². The molecule has 1 saturated carbocycles. The highest BCUT2D eigenvalue weighted by atomic mass is 14.7. The molecule has 0 amide bonds. The smallest absolute Gasteiger partial charge is 0.0661 e. The minimum absolute atomic E-state index is 0.923. The second kappa shape index (κ2) is 3.65. The van der Waals surface area contributed by atoms with Gasteiger partial charge in [0.05, 0.1) is 5.69 Å². The van der Waals surface area contributed by atoms with E-state index < -0.39 is 0 Å². The summed E-state index contributed by atoms with van der Waals surface area (Å²) in [6.45, 7) is 0. The predicted octanol–water partition coefficient (Wildman–Crippen LogP) is 3.60. The summed E-state index contributed by atoms with van der Waals surface area (Å²) in [5.41, 5.74) is 4.19. The molecule has 15 heavy (non-hydrogen) atoms. The van der Waals surface area contributed by atoms with Crippen molar-refractivity contribution in [2.45, 2.75) is 25.7 Å². The highest BCUT2D eigenvalue weighted by Gasteiger charge is 2.26. The van der Waals surface area contributed by atoms with Gasteiger partial charge in [0.1, 0.15) is 0 Å². The van der Waals surface area contributed by atoms with Crippen LogP contribution in [0.5, 0.6) is 0 Å². The van der Waals surface area contributed by atoms with Gasteiger partial charge in [-0.1, -0.05) is 23.8 Å². The van der Waals surface area contributed by atoms with Crippen LogP contribution in [-0.2, 0) is 0 Å². The molecule has 1 fully saturated rings. The van der Waals surface area contributed by atoms with Crippen molar-refractivity contribution in [3.05, 3.63) is 47.8 Å². The van der Waals surface area contributed by atoms with Gasteiger partial charge >= 0.3 is 0 Å². The molecule has 1 heteroatoms. The number of rotatable bonds is 2. The van der Waals surface area contributed by atoms with E-state index in [1.807, 2.05) is 12.3 Å². The lowest BCUT2D eigenvalue weighted by Crippen LogP contribution is -1.96. The van der Waals surface area contributed by atoms with Gasteiger partial charge in [-0.3, -0.25) is 4.98 Å². The Hall–Kier alpha value is -1.37. The third-order valence-corrected chi connectivity index (χ3v) is 3.28. The molecule has 3 rings (SSSR count). The van der Waals surface area contributed by atoms with E-state index in [-0.39, 0.29) is 0 Å². The lowest BCUT2D eigenvalue weighted by atomic mass is 9.93. The van der Waals surface area contributed by atoms with Gasteiger partial charge in [0, 0.05) is 6.20 Å². The molecule has 0 unspecified atom stereocenters. The zero-order chi connectivity index (χ0) is 10.1. The molecule has 1 nitrogen and oxygen atoms in total. The third kappa shape index (κ3) is 1.87. The van der Waals surface area contributed by atoms with Crippen molar-refractivity contribution in [1.82, 2.24) is 4.98 Å². The Morgan fingerprint density at radius 2 is 2.00 bits per heavy atom. The lowest BCUT2D eigenvalue weighted by molar-refractivity contribution is 0.856. The fourth-order valence-corrected chi connectivity index (χ4v) is 2.21. The van der Waals surface area contributed by atoms with Crippen molar-refractivity contribution in [3.8, 4) is 0 Å². The van der Waals surface area contributed by atoms with Crippen LogP contribution in [0.2, 0.25) is 0 Å². The van der Waals surface area contributed by atoms with E-state index in [4.69, 9.17) is 0 Å². The average molecular weight is 197 g/mol. The largest absolute Gasteiger partial charge is 0.257 e. The van der Waals surface area contributed by atoms with Crippen LogP contribution in [0.15, 0.2) is 42.1 Å². The molecule has 2 aliphatic rings. The van der Waals surface area contributed by atoms with Gasteiger partial charge in [-0.2, -0.15) is 0 Å². The SMILES string of the molecule is C1=C(c2ccccn2)CCC(C2CC2)=C1. The van der Waals surface area contributed by atoms with E-state index in [2.05, 4.69) is 29.3 Å². The summed E-state index contributed by atoms with van der Waals surface area (Å²) >= 11 is 0. The van der Waals surface area contributed by atoms with Crippen LogP contribution in [0.3, 0.4) is 0 Å². The Morgan fingerprint density at radius 3 is 2.60 bits per heavy atom. The summed E-state index contributed by atoms with van der Waals surface area (Å²) < 4.78 is 0. The Balaban J connectivity index is 1.84. The molecule has 0 aromatic carbocycles. The maximum atomic E-state index is 4.39. The summed E-state index contributed by atoms with van der Waals surface area (Å²) in [6, 6.07) is 6.13. The molecular formula is C14H15N. The van der Waals surface area contributed by atoms with Crippen LogP contribution in [0.4, 0.5) is 0 Å². The Labute approximate surface area is 90.5 Å². The van der Waals surface area contributed by atoms with Crippen molar-refractivity contribution in [1.29, 1.82) is 0 Å². The lowest BCUT2D eigenvalue weighted by Gasteiger charge is -2.13. The van der Waals surface area contributed by atoms with Gasteiger partial charge < -0.3 is 0 Å². The molecule has 0 aliphatic heterocycles. The number of aromatic nitrogens is 1. The fourth-order valence-electron chi connectivity index (χ4n) is 2.21. The summed E-state index contributed by atoms with van der Waals surface area (Å²) in [5, 5.41) is 0. The van der Waals surface area contributed by atoms with Crippen LogP contribution in [0, 0.1) is 5.92 Å². The van der Waals surface area contributed by atoms with Gasteiger partial charge in [0.2, 0.25) is 0 Å². The summed E-state index contributed by atoms with van der Waals surface area (Å²) in [7, 11) is 0. The quantitative estimate of drug-likeness (QED) is 0.706. The second-order valence-corrected chi connectivity index (χ2v) is 4.42. The van der Waals surface area contributed by atoms with E-state index in [1.165, 1.54) is 31.3 Å². The van der Waals surface area contributed by atoms with Crippen LogP contribution in [-0.4, -0.2) is 4.98 Å². The molecule has 0 N–H and O–H groups in total. The van der Waals surface area contributed by atoms with Crippen LogP contribution in [0.25, 0.3) is 5.57 Å². The minimum atomic E-state index is 0.923. The molecule has 0 saturated heterocycles. The maximum Gasteiger partial charge on any atom is 0.0661 e. The first-order chi connectivity index (χ1) is 7.43. The number of hydrogen-bond acceptors (Lipinski definition) is 1. The van der Waals surface area contributed by atoms with Gasteiger partial charge in [0.25, 0.3) is 0 Å². The normalized spacial score (nSPS) is 20.8. The first kappa shape index (κ1) is 8.90. The van der Waals surface area contributed by atoms with Crippen LogP contribution >= 0.6 is 0 Å². The second-order valence-electron chi connectivity index (χ2n) is 4.42. The highest BCUT2D eigenvalue weighted by molar-refractivity contribution is 5.66. The monoisotopic (exact) mass is 197 g/mol. The van der Waals surface area contributed by atoms with E-state index in [9.17, 15) is 0 Å². The molecule has 0 bridgehead atoms. The zero-order valence-corrected chi connectivity index (χ0v) is 8.82. The van der Waals surface area contributed by atoms with Gasteiger partial charge in [-0.05, 0) is 49.3 Å². The molecule has 1 aromatic rings. The minimum Gasteiger partial charge on any atom is -0.257 e. The van der Waals surface area contributed by atoms with E-state index in [0.717, 1.165) is 11.6 Å².